The number of hydrogen-bond acceptors (Lipinski definition) is 5. The van der Waals surface area contributed by atoms with Crippen LogP contribution in [0.3, 0.4) is 0 Å². The topological polar surface area (TPSA) is 90.6 Å². The van der Waals surface area contributed by atoms with Gasteiger partial charge in [0.25, 0.3) is 11.6 Å². The number of non-ortho nitro benzene ring substituents is 1. The number of hydrogen-bond donors (Lipinski definition) is 0. The molecule has 1 aromatic carbocycles. The summed E-state index contributed by atoms with van der Waals surface area (Å²) in [6.45, 7) is 1.87. The molecule has 0 saturated heterocycles. The van der Waals surface area contributed by atoms with E-state index in [0.29, 0.717) is 16.8 Å². The molecule has 0 unspecified atom stereocenters. The number of aromatic nitrogens is 1. The second kappa shape index (κ2) is 6.96. The highest BCUT2D eigenvalue weighted by Gasteiger charge is 2.12. The number of nitrogens with zero attached hydrogens (tertiary/aromatic N) is 3. The summed E-state index contributed by atoms with van der Waals surface area (Å²) < 4.78 is 6.74. The summed E-state index contributed by atoms with van der Waals surface area (Å²) in [5.74, 6) is 0.374. The Hall–Kier alpha value is -3.48. The Kier molecular flexibility index (Phi) is 4.56. The van der Waals surface area contributed by atoms with Crippen LogP contribution in [0.5, 0.6) is 0 Å². The molecule has 2 aromatic heterocycles. The third kappa shape index (κ3) is 3.55. The van der Waals surface area contributed by atoms with Gasteiger partial charge in [0, 0.05) is 23.9 Å². The van der Waals surface area contributed by atoms with Gasteiger partial charge in [-0.1, -0.05) is 6.07 Å². The zero-order valence-corrected chi connectivity index (χ0v) is 13.4. The van der Waals surface area contributed by atoms with E-state index in [2.05, 4.69) is 4.99 Å². The Labute approximate surface area is 143 Å². The molecule has 7 heteroatoms. The molecular weight excluding hydrogens is 322 g/mol. The van der Waals surface area contributed by atoms with E-state index >= 15 is 0 Å². The minimum absolute atomic E-state index is 0.0639. The number of nitro benzene ring substituents is 1. The van der Waals surface area contributed by atoms with Crippen LogP contribution in [-0.4, -0.2) is 15.4 Å². The molecule has 0 saturated carbocycles. The SMILES string of the molecule is C[C@H](N=c1ccccn1C(=O)c1ccc([N+](=O)[O-])cc1)c1ccco1. The third-order valence-electron chi connectivity index (χ3n) is 3.66. The van der Waals surface area contributed by atoms with E-state index in [0.717, 1.165) is 0 Å². The van der Waals surface area contributed by atoms with Crippen LogP contribution >= 0.6 is 0 Å². The van der Waals surface area contributed by atoms with Crippen LogP contribution in [0.25, 0.3) is 0 Å². The molecule has 25 heavy (non-hydrogen) atoms. The molecule has 0 aliphatic heterocycles. The minimum atomic E-state index is -0.504. The molecule has 0 N–H and O–H groups in total. The highest BCUT2D eigenvalue weighted by Crippen LogP contribution is 2.16. The number of benzene rings is 1. The highest BCUT2D eigenvalue weighted by atomic mass is 16.6. The monoisotopic (exact) mass is 337 g/mol. The van der Waals surface area contributed by atoms with Crippen LogP contribution in [0.2, 0.25) is 0 Å². The van der Waals surface area contributed by atoms with Gasteiger partial charge in [-0.05, 0) is 43.3 Å². The second-order valence-electron chi connectivity index (χ2n) is 5.36. The van der Waals surface area contributed by atoms with Gasteiger partial charge in [-0.15, -0.1) is 0 Å². The molecule has 0 amide bonds. The molecular formula is C18H15N3O4. The fourth-order valence-electron chi connectivity index (χ4n) is 2.37. The minimum Gasteiger partial charge on any atom is -0.467 e. The Balaban J connectivity index is 1.97. The number of nitro groups is 1. The van der Waals surface area contributed by atoms with Crippen molar-refractivity contribution in [3.05, 3.63) is 94.0 Å². The molecule has 0 aliphatic carbocycles. The lowest BCUT2D eigenvalue weighted by atomic mass is 10.2. The molecule has 7 nitrogen and oxygen atoms in total. The summed E-state index contributed by atoms with van der Waals surface area (Å²) >= 11 is 0. The van der Waals surface area contributed by atoms with Crippen LogP contribution in [0, 0.1) is 10.1 Å². The van der Waals surface area contributed by atoms with Crippen LogP contribution in [0.4, 0.5) is 5.69 Å². The highest BCUT2D eigenvalue weighted by molar-refractivity contribution is 5.95. The normalized spacial score (nSPS) is 12.8. The third-order valence-corrected chi connectivity index (χ3v) is 3.66. The Bertz CT molecular complexity index is 956. The van der Waals surface area contributed by atoms with Crippen molar-refractivity contribution < 1.29 is 14.1 Å². The summed E-state index contributed by atoms with van der Waals surface area (Å²) in [5, 5.41) is 10.7. The van der Waals surface area contributed by atoms with Gasteiger partial charge in [-0.2, -0.15) is 0 Å². The van der Waals surface area contributed by atoms with Crippen LogP contribution < -0.4 is 5.49 Å². The van der Waals surface area contributed by atoms with E-state index in [9.17, 15) is 14.9 Å². The standard InChI is InChI=1S/C18H15N3O4/c1-13(16-5-4-12-25-16)19-17-6-2-3-11-20(17)18(22)14-7-9-15(10-8-14)21(23)24/h2-13H,1H3/t13-/m0/s1. The first-order valence-corrected chi connectivity index (χ1v) is 7.60. The fourth-order valence-corrected chi connectivity index (χ4v) is 2.37. The van der Waals surface area contributed by atoms with Crippen molar-refractivity contribution >= 4 is 11.6 Å². The second-order valence-corrected chi connectivity index (χ2v) is 5.36. The maximum atomic E-state index is 12.7. The number of carbonyl (C=O) groups excluding carboxylic acids is 1. The predicted octanol–water partition coefficient (Wildman–Crippen LogP) is 3.34. The molecule has 0 bridgehead atoms. The first kappa shape index (κ1) is 16.4. The summed E-state index contributed by atoms with van der Waals surface area (Å²) in [4.78, 5) is 27.5. The van der Waals surface area contributed by atoms with Crippen molar-refractivity contribution in [2.75, 3.05) is 0 Å². The van der Waals surface area contributed by atoms with E-state index in [1.54, 1.807) is 36.7 Å². The van der Waals surface area contributed by atoms with Gasteiger partial charge < -0.3 is 4.42 Å². The van der Waals surface area contributed by atoms with Crippen LogP contribution in [0.1, 0.15) is 29.1 Å². The molecule has 126 valence electrons. The lowest BCUT2D eigenvalue weighted by molar-refractivity contribution is -0.384. The van der Waals surface area contributed by atoms with E-state index in [-0.39, 0.29) is 17.6 Å². The van der Waals surface area contributed by atoms with Crippen molar-refractivity contribution in [1.82, 2.24) is 4.57 Å². The largest absolute Gasteiger partial charge is 0.467 e. The molecule has 1 atom stereocenters. The van der Waals surface area contributed by atoms with Crippen molar-refractivity contribution in [3.8, 4) is 0 Å². The molecule has 3 rings (SSSR count). The smallest absolute Gasteiger partial charge is 0.269 e. The van der Waals surface area contributed by atoms with Gasteiger partial charge in [-0.25, -0.2) is 0 Å². The Morgan fingerprint density at radius 1 is 1.16 bits per heavy atom. The zero-order valence-electron chi connectivity index (χ0n) is 13.4. The first-order chi connectivity index (χ1) is 12.1. The molecule has 0 aliphatic rings. The molecule has 0 fully saturated rings. The summed E-state index contributed by atoms with van der Waals surface area (Å²) in [6.07, 6.45) is 3.18. The maximum Gasteiger partial charge on any atom is 0.269 e. The quantitative estimate of drug-likeness (QED) is 0.539. The van der Waals surface area contributed by atoms with Crippen LogP contribution in [0.15, 0.2) is 76.5 Å². The molecule has 0 radical (unpaired) electrons. The molecule has 0 spiro atoms. The van der Waals surface area contributed by atoms with Crippen molar-refractivity contribution in [3.63, 3.8) is 0 Å². The molecule has 2 heterocycles. The summed E-state index contributed by atoms with van der Waals surface area (Å²) in [7, 11) is 0. The van der Waals surface area contributed by atoms with E-state index in [1.165, 1.54) is 28.8 Å². The first-order valence-electron chi connectivity index (χ1n) is 7.60. The lowest BCUT2D eigenvalue weighted by Crippen LogP contribution is -2.27. The van der Waals surface area contributed by atoms with Crippen molar-refractivity contribution in [2.24, 2.45) is 4.99 Å². The van der Waals surface area contributed by atoms with Crippen molar-refractivity contribution in [1.29, 1.82) is 0 Å². The Morgan fingerprint density at radius 3 is 2.56 bits per heavy atom. The van der Waals surface area contributed by atoms with E-state index in [4.69, 9.17) is 4.42 Å². The van der Waals surface area contributed by atoms with Gasteiger partial charge in [0.05, 0.1) is 11.2 Å². The number of furan rings is 1. The van der Waals surface area contributed by atoms with Gasteiger partial charge in [0.1, 0.15) is 17.3 Å². The molecule has 3 aromatic rings. The fraction of sp³-hybridized carbons (Fsp3) is 0.111. The Morgan fingerprint density at radius 2 is 1.92 bits per heavy atom. The average molecular weight is 337 g/mol. The lowest BCUT2D eigenvalue weighted by Gasteiger charge is -2.08. The van der Waals surface area contributed by atoms with E-state index in [1.807, 2.05) is 13.0 Å². The van der Waals surface area contributed by atoms with Crippen molar-refractivity contribution in [2.45, 2.75) is 13.0 Å². The van der Waals surface area contributed by atoms with Gasteiger partial charge in [0.15, 0.2) is 0 Å². The number of carbonyl (C=O) groups is 1. The average Bonchev–Trinajstić information content (AvgIpc) is 3.16. The zero-order chi connectivity index (χ0) is 17.8. The predicted molar refractivity (Wildman–Crippen MR) is 89.9 cm³/mol. The van der Waals surface area contributed by atoms with Crippen LogP contribution in [-0.2, 0) is 0 Å². The van der Waals surface area contributed by atoms with Gasteiger partial charge >= 0.3 is 0 Å². The maximum absolute atomic E-state index is 12.7. The van der Waals surface area contributed by atoms with Gasteiger partial charge in [-0.3, -0.25) is 24.5 Å². The summed E-state index contributed by atoms with van der Waals surface area (Å²) in [6, 6.07) is 14.0. The number of pyridine rings is 1. The number of rotatable bonds is 4. The van der Waals surface area contributed by atoms with E-state index < -0.39 is 4.92 Å². The van der Waals surface area contributed by atoms with Gasteiger partial charge in [0.2, 0.25) is 0 Å². The summed E-state index contributed by atoms with van der Waals surface area (Å²) in [5.41, 5.74) is 0.740.